The van der Waals surface area contributed by atoms with Crippen molar-refractivity contribution in [3.05, 3.63) is 0 Å². The molecule has 0 unspecified atom stereocenters. The maximum absolute atomic E-state index is 12.3. The van der Waals surface area contributed by atoms with Crippen LogP contribution in [0.2, 0.25) is 0 Å². The van der Waals surface area contributed by atoms with E-state index in [1.165, 1.54) is 0 Å². The number of carbonyl (C=O) groups excluding carboxylic acids is 1. The first-order valence-corrected chi connectivity index (χ1v) is 6.88. The minimum atomic E-state index is 0.217. The Kier molecular flexibility index (Phi) is 4.80. The molecule has 2 atom stereocenters. The zero-order chi connectivity index (χ0) is 12.1. The van der Waals surface area contributed by atoms with Crippen molar-refractivity contribution in [1.29, 1.82) is 0 Å². The highest BCUT2D eigenvalue weighted by molar-refractivity contribution is 5.79. The van der Waals surface area contributed by atoms with Gasteiger partial charge in [0.15, 0.2) is 0 Å². The van der Waals surface area contributed by atoms with Gasteiger partial charge in [0, 0.05) is 32.2 Å². The second-order valence-corrected chi connectivity index (χ2v) is 5.14. The number of likely N-dealkylation sites (tertiary alicyclic amines) is 1. The molecular weight excluding hydrogens is 216 g/mol. The predicted octanol–water partition coefficient (Wildman–Crippen LogP) is 0.871. The molecule has 2 heterocycles. The molecule has 98 valence electrons. The molecule has 0 bridgehead atoms. The van der Waals surface area contributed by atoms with Crippen molar-refractivity contribution in [2.45, 2.75) is 26.2 Å². The molecule has 0 aromatic carbocycles. The van der Waals surface area contributed by atoms with Crippen LogP contribution in [0.15, 0.2) is 0 Å². The van der Waals surface area contributed by atoms with E-state index in [0.29, 0.717) is 11.8 Å². The first-order valence-electron chi connectivity index (χ1n) is 6.88. The summed E-state index contributed by atoms with van der Waals surface area (Å²) in [5, 5.41) is 3.31. The predicted molar refractivity (Wildman–Crippen MR) is 66.8 cm³/mol. The summed E-state index contributed by atoms with van der Waals surface area (Å²) in [5.74, 6) is 1.13. The smallest absolute Gasteiger partial charge is 0.226 e. The Morgan fingerprint density at radius 3 is 3.06 bits per heavy atom. The molecule has 2 fully saturated rings. The Hall–Kier alpha value is -0.610. The molecule has 2 aliphatic rings. The number of carbonyl (C=O) groups is 1. The molecule has 2 aliphatic heterocycles. The van der Waals surface area contributed by atoms with Crippen LogP contribution < -0.4 is 5.32 Å². The van der Waals surface area contributed by atoms with Crippen LogP contribution in [0.25, 0.3) is 0 Å². The van der Waals surface area contributed by atoms with Gasteiger partial charge in [-0.1, -0.05) is 0 Å². The fourth-order valence-corrected chi connectivity index (χ4v) is 2.77. The van der Waals surface area contributed by atoms with Crippen molar-refractivity contribution in [3.8, 4) is 0 Å². The van der Waals surface area contributed by atoms with Crippen LogP contribution in [0.4, 0.5) is 0 Å². The number of amides is 1. The second kappa shape index (κ2) is 6.36. The molecule has 4 heteroatoms. The van der Waals surface area contributed by atoms with Crippen molar-refractivity contribution < 1.29 is 9.53 Å². The Morgan fingerprint density at radius 1 is 1.47 bits per heavy atom. The SMILES string of the molecule is CCOC[C@@H]1CCN(C(=O)[C@H]2CCCNC2)C1. The number of ether oxygens (including phenoxy) is 1. The van der Waals surface area contributed by atoms with Gasteiger partial charge in [0.25, 0.3) is 0 Å². The molecule has 0 aliphatic carbocycles. The normalized spacial score (nSPS) is 29.6. The maximum Gasteiger partial charge on any atom is 0.226 e. The Bertz CT molecular complexity index is 252. The van der Waals surface area contributed by atoms with Crippen LogP contribution in [0.5, 0.6) is 0 Å². The Balaban J connectivity index is 1.76. The lowest BCUT2D eigenvalue weighted by molar-refractivity contribution is -0.135. The van der Waals surface area contributed by atoms with Gasteiger partial charge in [-0.2, -0.15) is 0 Å². The largest absolute Gasteiger partial charge is 0.381 e. The number of piperidine rings is 1. The molecule has 0 aromatic rings. The van der Waals surface area contributed by atoms with Crippen molar-refractivity contribution >= 4 is 5.91 Å². The van der Waals surface area contributed by atoms with E-state index in [4.69, 9.17) is 4.74 Å². The van der Waals surface area contributed by atoms with Crippen molar-refractivity contribution in [2.24, 2.45) is 11.8 Å². The first-order chi connectivity index (χ1) is 8.31. The molecule has 1 N–H and O–H groups in total. The van der Waals surface area contributed by atoms with E-state index in [-0.39, 0.29) is 5.92 Å². The number of nitrogens with one attached hydrogen (secondary N) is 1. The minimum absolute atomic E-state index is 0.217. The molecule has 0 aromatic heterocycles. The quantitative estimate of drug-likeness (QED) is 0.793. The third kappa shape index (κ3) is 3.42. The van der Waals surface area contributed by atoms with Gasteiger partial charge in [-0.25, -0.2) is 0 Å². The highest BCUT2D eigenvalue weighted by Gasteiger charge is 2.31. The van der Waals surface area contributed by atoms with Crippen LogP contribution in [0, 0.1) is 11.8 Å². The number of hydrogen-bond donors (Lipinski definition) is 1. The molecule has 4 nitrogen and oxygen atoms in total. The van der Waals surface area contributed by atoms with Crippen LogP contribution in [-0.2, 0) is 9.53 Å². The van der Waals surface area contributed by atoms with E-state index < -0.39 is 0 Å². The summed E-state index contributed by atoms with van der Waals surface area (Å²) in [6, 6.07) is 0. The van der Waals surface area contributed by atoms with Crippen molar-refractivity contribution in [2.75, 3.05) is 39.4 Å². The Labute approximate surface area is 104 Å². The van der Waals surface area contributed by atoms with Gasteiger partial charge in [0.05, 0.1) is 12.5 Å². The second-order valence-electron chi connectivity index (χ2n) is 5.14. The Morgan fingerprint density at radius 2 is 2.35 bits per heavy atom. The molecule has 0 spiro atoms. The van der Waals surface area contributed by atoms with Gasteiger partial charge in [0.1, 0.15) is 0 Å². The highest BCUT2D eigenvalue weighted by atomic mass is 16.5. The van der Waals surface area contributed by atoms with Gasteiger partial charge in [-0.15, -0.1) is 0 Å². The van der Waals surface area contributed by atoms with Crippen LogP contribution in [-0.4, -0.2) is 50.2 Å². The molecule has 17 heavy (non-hydrogen) atoms. The average molecular weight is 240 g/mol. The van der Waals surface area contributed by atoms with E-state index in [0.717, 1.165) is 58.7 Å². The monoisotopic (exact) mass is 240 g/mol. The van der Waals surface area contributed by atoms with Gasteiger partial charge in [-0.3, -0.25) is 4.79 Å². The first kappa shape index (κ1) is 12.8. The lowest BCUT2D eigenvalue weighted by atomic mass is 9.98. The molecular formula is C13H24N2O2. The summed E-state index contributed by atoms with van der Waals surface area (Å²) >= 11 is 0. The molecule has 1 amide bonds. The molecule has 0 saturated carbocycles. The lowest BCUT2D eigenvalue weighted by Gasteiger charge is -2.26. The van der Waals surface area contributed by atoms with Gasteiger partial charge in [-0.05, 0) is 32.7 Å². The van der Waals surface area contributed by atoms with Gasteiger partial charge in [0.2, 0.25) is 5.91 Å². The fourth-order valence-electron chi connectivity index (χ4n) is 2.77. The zero-order valence-corrected chi connectivity index (χ0v) is 10.8. The van der Waals surface area contributed by atoms with Crippen LogP contribution >= 0.6 is 0 Å². The zero-order valence-electron chi connectivity index (χ0n) is 10.8. The molecule has 2 rings (SSSR count). The van der Waals surface area contributed by atoms with Gasteiger partial charge < -0.3 is 15.0 Å². The summed E-state index contributed by atoms with van der Waals surface area (Å²) in [5.41, 5.74) is 0. The van der Waals surface area contributed by atoms with E-state index in [1.807, 2.05) is 11.8 Å². The van der Waals surface area contributed by atoms with Crippen LogP contribution in [0.1, 0.15) is 26.2 Å². The van der Waals surface area contributed by atoms with Crippen molar-refractivity contribution in [3.63, 3.8) is 0 Å². The lowest BCUT2D eigenvalue weighted by Crippen LogP contribution is -2.42. The topological polar surface area (TPSA) is 41.6 Å². The number of nitrogens with zero attached hydrogens (tertiary/aromatic N) is 1. The number of hydrogen-bond acceptors (Lipinski definition) is 3. The maximum atomic E-state index is 12.3. The van der Waals surface area contributed by atoms with E-state index in [2.05, 4.69) is 5.32 Å². The minimum Gasteiger partial charge on any atom is -0.381 e. The standard InChI is InChI=1S/C13H24N2O2/c1-2-17-10-11-5-7-15(9-11)13(16)12-4-3-6-14-8-12/h11-12,14H,2-10H2,1H3/t11-,12+/m1/s1. The fraction of sp³-hybridized carbons (Fsp3) is 0.923. The summed E-state index contributed by atoms with van der Waals surface area (Å²) in [4.78, 5) is 14.3. The third-order valence-corrected chi connectivity index (χ3v) is 3.80. The average Bonchev–Trinajstić information content (AvgIpc) is 2.85. The molecule has 0 radical (unpaired) electrons. The third-order valence-electron chi connectivity index (χ3n) is 3.80. The summed E-state index contributed by atoms with van der Waals surface area (Å²) in [6.07, 6.45) is 3.29. The van der Waals surface area contributed by atoms with E-state index in [9.17, 15) is 4.79 Å². The summed E-state index contributed by atoms with van der Waals surface area (Å²) in [6.45, 7) is 7.36. The summed E-state index contributed by atoms with van der Waals surface area (Å²) in [7, 11) is 0. The van der Waals surface area contributed by atoms with E-state index in [1.54, 1.807) is 0 Å². The summed E-state index contributed by atoms with van der Waals surface area (Å²) < 4.78 is 5.44. The van der Waals surface area contributed by atoms with Crippen LogP contribution in [0.3, 0.4) is 0 Å². The highest BCUT2D eigenvalue weighted by Crippen LogP contribution is 2.21. The van der Waals surface area contributed by atoms with Crippen molar-refractivity contribution in [1.82, 2.24) is 10.2 Å². The number of rotatable bonds is 4. The van der Waals surface area contributed by atoms with E-state index >= 15 is 0 Å². The molecule has 2 saturated heterocycles. The van der Waals surface area contributed by atoms with Gasteiger partial charge >= 0.3 is 0 Å².